The molecule has 1 saturated heterocycles. The lowest BCUT2D eigenvalue weighted by Crippen LogP contribution is -2.46. The maximum atomic E-state index is 12.4. The lowest BCUT2D eigenvalue weighted by molar-refractivity contribution is -0.143. The van der Waals surface area contributed by atoms with Crippen LogP contribution in [-0.2, 0) is 19.1 Å². The molecule has 2 aromatic rings. The van der Waals surface area contributed by atoms with Gasteiger partial charge in [0.15, 0.2) is 0 Å². The van der Waals surface area contributed by atoms with Gasteiger partial charge in [-0.05, 0) is 35.6 Å². The molecule has 0 spiro atoms. The molecule has 2 aromatic carbocycles. The number of benzene rings is 2. The Morgan fingerprint density at radius 1 is 1.09 bits per heavy atom. The number of hydrogen-bond acceptors (Lipinski definition) is 5. The van der Waals surface area contributed by atoms with Crippen molar-refractivity contribution in [1.82, 2.24) is 16.0 Å². The largest absolute Gasteiger partial charge is 0.481 e. The Bertz CT molecular complexity index is 1070. The molecule has 0 bridgehead atoms. The number of rotatable bonds is 8. The lowest BCUT2D eigenvalue weighted by Gasteiger charge is -2.18. The number of ether oxygens (including phenoxy) is 1. The normalized spacial score (nSPS) is 19.5. The van der Waals surface area contributed by atoms with Gasteiger partial charge in [-0.3, -0.25) is 14.4 Å². The summed E-state index contributed by atoms with van der Waals surface area (Å²) in [5.74, 6) is -3.14. The van der Waals surface area contributed by atoms with Crippen LogP contribution in [-0.4, -0.2) is 54.2 Å². The van der Waals surface area contributed by atoms with Crippen LogP contribution in [0, 0.1) is 5.92 Å². The number of alkyl carbamates (subject to hydrolysis) is 1. The van der Waals surface area contributed by atoms with Crippen LogP contribution in [0.2, 0.25) is 0 Å². The summed E-state index contributed by atoms with van der Waals surface area (Å²) < 4.78 is 5.51. The molecule has 178 valence electrons. The number of nitrogens with one attached hydrogen (secondary N) is 3. The molecular weight excluding hydrogens is 438 g/mol. The second-order valence-corrected chi connectivity index (χ2v) is 8.64. The average Bonchev–Trinajstić information content (AvgIpc) is 3.34. The van der Waals surface area contributed by atoms with E-state index in [9.17, 15) is 19.2 Å². The van der Waals surface area contributed by atoms with Crippen molar-refractivity contribution in [2.45, 2.75) is 37.8 Å². The van der Waals surface area contributed by atoms with E-state index >= 15 is 0 Å². The maximum absolute atomic E-state index is 12.4. The number of fused-ring (bicyclic) bond motifs is 3. The molecule has 1 aliphatic heterocycles. The lowest BCUT2D eigenvalue weighted by atomic mass is 9.98. The summed E-state index contributed by atoms with van der Waals surface area (Å²) in [7, 11) is 0. The standard InChI is InChI=1S/C25H27N3O6/c1-14(10-11-21(29)28-22-19(24(31)32)12-26-23(22)30)27-25(33)34-13-20-17-8-4-2-6-15(17)16-7-3-5-9-18(16)20/h2-9,14,19-20,22H,10-13H2,1H3,(H,26,30)(H,27,33)(H,28,29)(H,31,32). The molecule has 1 heterocycles. The molecular formula is C25H27N3O6. The molecule has 4 N–H and O–H groups in total. The highest BCUT2D eigenvalue weighted by Crippen LogP contribution is 2.44. The van der Waals surface area contributed by atoms with Crippen LogP contribution in [0.3, 0.4) is 0 Å². The van der Waals surface area contributed by atoms with Crippen molar-refractivity contribution in [3.05, 3.63) is 59.7 Å². The van der Waals surface area contributed by atoms with Gasteiger partial charge < -0.3 is 25.8 Å². The van der Waals surface area contributed by atoms with Crippen LogP contribution >= 0.6 is 0 Å². The van der Waals surface area contributed by atoms with Gasteiger partial charge in [0.2, 0.25) is 11.8 Å². The third kappa shape index (κ3) is 4.88. The van der Waals surface area contributed by atoms with E-state index in [2.05, 4.69) is 28.1 Å². The minimum atomic E-state index is -1.14. The van der Waals surface area contributed by atoms with Gasteiger partial charge in [0.05, 0.1) is 0 Å². The van der Waals surface area contributed by atoms with Crippen LogP contribution in [0.25, 0.3) is 11.1 Å². The first kappa shape index (κ1) is 23.3. The molecule has 9 nitrogen and oxygen atoms in total. The summed E-state index contributed by atoms with van der Waals surface area (Å²) >= 11 is 0. The van der Waals surface area contributed by atoms with E-state index in [-0.39, 0.29) is 31.5 Å². The Labute approximate surface area is 196 Å². The van der Waals surface area contributed by atoms with Crippen LogP contribution in [0.4, 0.5) is 4.79 Å². The average molecular weight is 466 g/mol. The highest BCUT2D eigenvalue weighted by Gasteiger charge is 2.40. The van der Waals surface area contributed by atoms with Gasteiger partial charge in [-0.2, -0.15) is 0 Å². The van der Waals surface area contributed by atoms with Crippen LogP contribution < -0.4 is 16.0 Å². The van der Waals surface area contributed by atoms with Crippen molar-refractivity contribution in [2.75, 3.05) is 13.2 Å². The zero-order valence-electron chi connectivity index (χ0n) is 18.7. The Morgan fingerprint density at radius 2 is 1.71 bits per heavy atom. The fraction of sp³-hybridized carbons (Fsp3) is 0.360. The highest BCUT2D eigenvalue weighted by atomic mass is 16.5. The molecule has 0 radical (unpaired) electrons. The van der Waals surface area contributed by atoms with E-state index in [1.807, 2.05) is 36.4 Å². The minimum absolute atomic E-state index is 0.0150. The Morgan fingerprint density at radius 3 is 2.32 bits per heavy atom. The van der Waals surface area contributed by atoms with Gasteiger partial charge in [0.25, 0.3) is 0 Å². The molecule has 1 fully saturated rings. The molecule has 3 unspecified atom stereocenters. The predicted molar refractivity (Wildman–Crippen MR) is 123 cm³/mol. The fourth-order valence-electron chi connectivity index (χ4n) is 4.52. The quantitative estimate of drug-likeness (QED) is 0.471. The van der Waals surface area contributed by atoms with Gasteiger partial charge in [0.1, 0.15) is 18.6 Å². The number of carboxylic acid groups (broad SMARTS) is 1. The van der Waals surface area contributed by atoms with E-state index in [4.69, 9.17) is 9.84 Å². The van der Waals surface area contributed by atoms with Gasteiger partial charge in [-0.25, -0.2) is 4.79 Å². The van der Waals surface area contributed by atoms with Gasteiger partial charge in [0, 0.05) is 24.9 Å². The summed E-state index contributed by atoms with van der Waals surface area (Å²) in [5.41, 5.74) is 4.54. The van der Waals surface area contributed by atoms with Gasteiger partial charge in [-0.15, -0.1) is 0 Å². The summed E-state index contributed by atoms with van der Waals surface area (Å²) in [6.45, 7) is 1.93. The van der Waals surface area contributed by atoms with Crippen molar-refractivity contribution < 1.29 is 29.0 Å². The Kier molecular flexibility index (Phi) is 6.81. The van der Waals surface area contributed by atoms with Crippen LogP contribution in [0.15, 0.2) is 48.5 Å². The van der Waals surface area contributed by atoms with Crippen LogP contribution in [0.1, 0.15) is 36.8 Å². The minimum Gasteiger partial charge on any atom is -0.481 e. The SMILES string of the molecule is CC(CCC(=O)NC1C(=O)NCC1C(=O)O)NC(=O)OCC1c2ccccc2-c2ccccc21. The number of carbonyl (C=O) groups is 4. The third-order valence-electron chi connectivity index (χ3n) is 6.33. The number of carbonyl (C=O) groups excluding carboxylic acids is 3. The number of carboxylic acids is 1. The Hall–Kier alpha value is -3.88. The van der Waals surface area contributed by atoms with Crippen molar-refractivity contribution >= 4 is 23.9 Å². The fourth-order valence-corrected chi connectivity index (χ4v) is 4.52. The first-order valence-electron chi connectivity index (χ1n) is 11.3. The first-order chi connectivity index (χ1) is 16.3. The van der Waals surface area contributed by atoms with Crippen molar-refractivity contribution in [2.24, 2.45) is 5.92 Å². The molecule has 2 aliphatic rings. The van der Waals surface area contributed by atoms with E-state index in [1.165, 1.54) is 0 Å². The predicted octanol–water partition coefficient (Wildman–Crippen LogP) is 2.01. The molecule has 9 heteroatoms. The summed E-state index contributed by atoms with van der Waals surface area (Å²) in [6, 6.07) is 14.7. The van der Waals surface area contributed by atoms with E-state index < -0.39 is 35.8 Å². The second-order valence-electron chi connectivity index (χ2n) is 8.64. The zero-order valence-corrected chi connectivity index (χ0v) is 18.7. The summed E-state index contributed by atoms with van der Waals surface area (Å²) in [5, 5.41) is 16.8. The highest BCUT2D eigenvalue weighted by molar-refractivity contribution is 5.94. The maximum Gasteiger partial charge on any atom is 0.407 e. The number of amides is 3. The van der Waals surface area contributed by atoms with Gasteiger partial charge in [-0.1, -0.05) is 48.5 Å². The van der Waals surface area contributed by atoms with E-state index in [0.29, 0.717) is 6.42 Å². The first-order valence-corrected chi connectivity index (χ1v) is 11.3. The molecule has 1 aliphatic carbocycles. The summed E-state index contributed by atoms with van der Waals surface area (Å²) in [6.07, 6.45) is -0.237. The smallest absolute Gasteiger partial charge is 0.407 e. The number of hydrogen-bond donors (Lipinski definition) is 4. The molecule has 0 saturated carbocycles. The second kappa shape index (κ2) is 9.94. The number of aliphatic carboxylic acids is 1. The van der Waals surface area contributed by atoms with Crippen molar-refractivity contribution in [1.29, 1.82) is 0 Å². The molecule has 3 atom stereocenters. The monoisotopic (exact) mass is 465 g/mol. The topological polar surface area (TPSA) is 134 Å². The molecule has 3 amide bonds. The Balaban J connectivity index is 1.24. The summed E-state index contributed by atoms with van der Waals surface area (Å²) in [4.78, 5) is 47.6. The van der Waals surface area contributed by atoms with E-state index in [1.54, 1.807) is 6.92 Å². The zero-order chi connectivity index (χ0) is 24.2. The molecule has 34 heavy (non-hydrogen) atoms. The van der Waals surface area contributed by atoms with E-state index in [0.717, 1.165) is 22.3 Å². The van der Waals surface area contributed by atoms with Crippen LogP contribution in [0.5, 0.6) is 0 Å². The third-order valence-corrected chi connectivity index (χ3v) is 6.33. The van der Waals surface area contributed by atoms with Crippen molar-refractivity contribution in [3.8, 4) is 11.1 Å². The van der Waals surface area contributed by atoms with Gasteiger partial charge >= 0.3 is 12.1 Å². The van der Waals surface area contributed by atoms with Crippen molar-refractivity contribution in [3.63, 3.8) is 0 Å². The molecule has 0 aromatic heterocycles. The molecule has 4 rings (SSSR count).